The van der Waals surface area contributed by atoms with E-state index >= 15 is 0 Å². The number of aliphatic hydroxyl groups excluding tert-OH is 1. The summed E-state index contributed by atoms with van der Waals surface area (Å²) in [5.74, 6) is 6.45. The van der Waals surface area contributed by atoms with Crippen LogP contribution in [0.2, 0.25) is 0 Å². The predicted molar refractivity (Wildman–Crippen MR) is 83.9 cm³/mol. The van der Waals surface area contributed by atoms with E-state index in [1.54, 1.807) is 23.1 Å². The number of benzene rings is 1. The van der Waals surface area contributed by atoms with Crippen molar-refractivity contribution in [3.05, 3.63) is 46.2 Å². The van der Waals surface area contributed by atoms with Gasteiger partial charge in [0.1, 0.15) is 6.61 Å². The molecule has 3 rings (SSSR count). The molecule has 0 saturated carbocycles. The van der Waals surface area contributed by atoms with Gasteiger partial charge in [-0.3, -0.25) is 0 Å². The number of nitrogens with zero attached hydrogens (tertiary/aromatic N) is 1. The molecule has 0 radical (unpaired) electrons. The highest BCUT2D eigenvalue weighted by atomic mass is 32.2. The summed E-state index contributed by atoms with van der Waals surface area (Å²) in [6.45, 7) is -0.0963. The molecule has 100 valence electrons. The van der Waals surface area contributed by atoms with Crippen molar-refractivity contribution < 1.29 is 5.11 Å². The third kappa shape index (κ3) is 3.05. The van der Waals surface area contributed by atoms with E-state index in [9.17, 15) is 0 Å². The van der Waals surface area contributed by atoms with E-state index in [4.69, 9.17) is 5.11 Å². The third-order valence-corrected chi connectivity index (χ3v) is 4.78. The van der Waals surface area contributed by atoms with Crippen LogP contribution in [-0.4, -0.2) is 21.7 Å². The number of aromatic amines is 1. The molecule has 3 nitrogen and oxygen atoms in total. The fourth-order valence-corrected chi connectivity index (χ4v) is 3.60. The van der Waals surface area contributed by atoms with Gasteiger partial charge in [0.2, 0.25) is 0 Å². The van der Waals surface area contributed by atoms with Crippen LogP contribution in [0.15, 0.2) is 41.6 Å². The normalized spacial score (nSPS) is 10.4. The predicted octanol–water partition coefficient (Wildman–Crippen LogP) is 3.26. The number of imidazole rings is 1. The van der Waals surface area contributed by atoms with Crippen LogP contribution in [0.1, 0.15) is 9.75 Å². The Labute approximate surface area is 125 Å². The first-order chi connectivity index (χ1) is 9.85. The summed E-state index contributed by atoms with van der Waals surface area (Å²) in [6, 6.07) is 12.1. The van der Waals surface area contributed by atoms with Crippen molar-refractivity contribution in [1.29, 1.82) is 0 Å². The number of fused-ring (bicyclic) bond motifs is 1. The number of rotatable bonds is 3. The summed E-state index contributed by atoms with van der Waals surface area (Å²) in [4.78, 5) is 10.1. The van der Waals surface area contributed by atoms with Gasteiger partial charge in [0.05, 0.1) is 15.9 Å². The van der Waals surface area contributed by atoms with Crippen molar-refractivity contribution in [2.24, 2.45) is 0 Å². The molecular weight excluding hydrogens is 288 g/mol. The molecular formula is C15H12N2OS2. The second kappa shape index (κ2) is 6.14. The lowest BCUT2D eigenvalue weighted by molar-refractivity contribution is 0.350. The number of thiophene rings is 1. The second-order valence-corrected chi connectivity index (χ2v) is 6.21. The fourth-order valence-electron chi connectivity index (χ4n) is 1.79. The summed E-state index contributed by atoms with van der Waals surface area (Å²) < 4.78 is 0. The second-order valence-electron chi connectivity index (χ2n) is 4.07. The summed E-state index contributed by atoms with van der Waals surface area (Å²) in [6.07, 6.45) is 0. The van der Waals surface area contributed by atoms with Gasteiger partial charge in [-0.05, 0) is 24.3 Å². The number of hydrogen-bond acceptors (Lipinski definition) is 4. The minimum absolute atomic E-state index is 0.0963. The van der Waals surface area contributed by atoms with E-state index in [1.807, 2.05) is 30.3 Å². The van der Waals surface area contributed by atoms with Crippen LogP contribution in [-0.2, 0) is 5.75 Å². The number of thioether (sulfide) groups is 1. The topological polar surface area (TPSA) is 48.9 Å². The van der Waals surface area contributed by atoms with Gasteiger partial charge in [-0.25, -0.2) is 4.98 Å². The molecule has 2 N–H and O–H groups in total. The van der Waals surface area contributed by atoms with E-state index < -0.39 is 0 Å². The number of aliphatic hydroxyl groups is 1. The molecule has 0 aliphatic carbocycles. The summed E-state index contributed by atoms with van der Waals surface area (Å²) in [7, 11) is 0. The SMILES string of the molecule is OCC#Cc1ccc(CSc2nc3ccccc3[nH]2)s1. The Morgan fingerprint density at radius 2 is 2.15 bits per heavy atom. The molecule has 2 heterocycles. The van der Waals surface area contributed by atoms with Crippen molar-refractivity contribution in [2.45, 2.75) is 10.9 Å². The van der Waals surface area contributed by atoms with E-state index in [1.165, 1.54) is 4.88 Å². The minimum atomic E-state index is -0.0963. The first kappa shape index (κ1) is 13.3. The Hall–Kier alpha value is -1.74. The first-order valence-corrected chi connectivity index (χ1v) is 7.91. The molecule has 0 atom stereocenters. The molecule has 3 aromatic rings. The van der Waals surface area contributed by atoms with Gasteiger partial charge < -0.3 is 10.1 Å². The van der Waals surface area contributed by atoms with Crippen molar-refractivity contribution in [3.63, 3.8) is 0 Å². The highest BCUT2D eigenvalue weighted by Gasteiger charge is 2.04. The van der Waals surface area contributed by atoms with Gasteiger partial charge in [-0.1, -0.05) is 35.7 Å². The highest BCUT2D eigenvalue weighted by molar-refractivity contribution is 7.98. The molecule has 0 amide bonds. The fraction of sp³-hybridized carbons (Fsp3) is 0.133. The van der Waals surface area contributed by atoms with Gasteiger partial charge >= 0.3 is 0 Å². The summed E-state index contributed by atoms with van der Waals surface area (Å²) in [5, 5.41) is 9.60. The number of hydrogen-bond donors (Lipinski definition) is 2. The standard InChI is InChI=1S/C15H12N2OS2/c18-9-3-4-11-7-8-12(20-11)10-19-15-16-13-5-1-2-6-14(13)17-15/h1-2,5-8,18H,9-10H2,(H,16,17). The van der Waals surface area contributed by atoms with Gasteiger partial charge in [0.25, 0.3) is 0 Å². The zero-order chi connectivity index (χ0) is 13.8. The quantitative estimate of drug-likeness (QED) is 0.576. The molecule has 20 heavy (non-hydrogen) atoms. The maximum Gasteiger partial charge on any atom is 0.166 e. The van der Waals surface area contributed by atoms with Crippen LogP contribution in [0.5, 0.6) is 0 Å². The highest BCUT2D eigenvalue weighted by Crippen LogP contribution is 2.26. The van der Waals surface area contributed by atoms with E-state index in [-0.39, 0.29) is 6.61 Å². The third-order valence-electron chi connectivity index (χ3n) is 2.67. The molecule has 2 aromatic heterocycles. The lowest BCUT2D eigenvalue weighted by Gasteiger charge is -1.93. The van der Waals surface area contributed by atoms with Crippen molar-refractivity contribution in [2.75, 3.05) is 6.61 Å². The number of para-hydroxylation sites is 2. The van der Waals surface area contributed by atoms with Gasteiger partial charge in [-0.2, -0.15) is 0 Å². The van der Waals surface area contributed by atoms with Crippen LogP contribution in [0.25, 0.3) is 11.0 Å². The molecule has 0 aliphatic rings. The lowest BCUT2D eigenvalue weighted by Crippen LogP contribution is -1.76. The average molecular weight is 300 g/mol. The van der Waals surface area contributed by atoms with Gasteiger partial charge in [0, 0.05) is 10.6 Å². The zero-order valence-corrected chi connectivity index (χ0v) is 12.2. The molecule has 0 unspecified atom stereocenters. The maximum absolute atomic E-state index is 8.67. The maximum atomic E-state index is 8.67. The van der Waals surface area contributed by atoms with Crippen molar-refractivity contribution in [3.8, 4) is 11.8 Å². The van der Waals surface area contributed by atoms with Crippen LogP contribution < -0.4 is 0 Å². The Morgan fingerprint density at radius 1 is 1.25 bits per heavy atom. The Morgan fingerprint density at radius 3 is 3.00 bits per heavy atom. The molecule has 0 bridgehead atoms. The lowest BCUT2D eigenvalue weighted by atomic mass is 10.3. The number of nitrogens with one attached hydrogen (secondary N) is 1. The van der Waals surface area contributed by atoms with Crippen molar-refractivity contribution in [1.82, 2.24) is 9.97 Å². The van der Waals surface area contributed by atoms with Crippen LogP contribution >= 0.6 is 23.1 Å². The number of H-pyrrole nitrogens is 1. The minimum Gasteiger partial charge on any atom is -0.384 e. The van der Waals surface area contributed by atoms with Gasteiger partial charge in [-0.15, -0.1) is 11.3 Å². The van der Waals surface area contributed by atoms with Gasteiger partial charge in [0.15, 0.2) is 5.16 Å². The summed E-state index contributed by atoms with van der Waals surface area (Å²) in [5.41, 5.74) is 2.06. The molecule has 1 aromatic carbocycles. The van der Waals surface area contributed by atoms with Crippen molar-refractivity contribution >= 4 is 34.1 Å². The summed E-state index contributed by atoms with van der Waals surface area (Å²) >= 11 is 3.33. The Kier molecular flexibility index (Phi) is 4.07. The molecule has 0 saturated heterocycles. The molecule has 0 spiro atoms. The van der Waals surface area contributed by atoms with E-state index in [2.05, 4.69) is 27.9 Å². The molecule has 5 heteroatoms. The van der Waals surface area contributed by atoms with E-state index in [0.717, 1.165) is 26.8 Å². The Bertz CT molecular complexity index is 747. The van der Waals surface area contributed by atoms with Crippen LogP contribution in [0, 0.1) is 11.8 Å². The smallest absolute Gasteiger partial charge is 0.166 e. The molecule has 0 fully saturated rings. The van der Waals surface area contributed by atoms with Crippen LogP contribution in [0.3, 0.4) is 0 Å². The first-order valence-electron chi connectivity index (χ1n) is 6.11. The monoisotopic (exact) mass is 300 g/mol. The average Bonchev–Trinajstić information content (AvgIpc) is 3.09. The van der Waals surface area contributed by atoms with Crippen LogP contribution in [0.4, 0.5) is 0 Å². The zero-order valence-electron chi connectivity index (χ0n) is 10.6. The molecule has 0 aliphatic heterocycles. The number of aromatic nitrogens is 2. The van der Waals surface area contributed by atoms with E-state index in [0.29, 0.717) is 0 Å². The Balaban J connectivity index is 1.68. The largest absolute Gasteiger partial charge is 0.384 e.